The van der Waals surface area contributed by atoms with Crippen molar-refractivity contribution in [2.75, 3.05) is 13.1 Å². The van der Waals surface area contributed by atoms with Gasteiger partial charge in [-0.1, -0.05) is 19.8 Å². The van der Waals surface area contributed by atoms with E-state index in [9.17, 15) is 4.79 Å². The van der Waals surface area contributed by atoms with Crippen molar-refractivity contribution >= 4 is 5.91 Å². The van der Waals surface area contributed by atoms with E-state index in [0.29, 0.717) is 22.8 Å². The van der Waals surface area contributed by atoms with Crippen LogP contribution in [0.15, 0.2) is 4.42 Å². The van der Waals surface area contributed by atoms with Crippen molar-refractivity contribution in [3.05, 3.63) is 17.3 Å². The minimum atomic E-state index is 0.0265. The van der Waals surface area contributed by atoms with Crippen LogP contribution in [-0.2, 0) is 0 Å². The molecule has 20 heavy (non-hydrogen) atoms. The Hall–Kier alpha value is -1.32. The highest BCUT2D eigenvalue weighted by atomic mass is 16.4. The number of hydrogen-bond acceptors (Lipinski definition) is 3. The van der Waals surface area contributed by atoms with Gasteiger partial charge in [0.25, 0.3) is 5.91 Å². The number of likely N-dealkylation sites (tertiary alicyclic amines) is 1. The largest absolute Gasteiger partial charge is 0.436 e. The molecule has 1 saturated heterocycles. The molecule has 0 unspecified atom stereocenters. The van der Waals surface area contributed by atoms with Crippen LogP contribution in [0, 0.1) is 25.2 Å². The SMILES string of the molecule is Cc1nc(C)c(C(=O)N2CCC3(CCC(C)CC3)C2)o1. The summed E-state index contributed by atoms with van der Waals surface area (Å²) >= 11 is 0. The van der Waals surface area contributed by atoms with Crippen molar-refractivity contribution in [3.63, 3.8) is 0 Å². The Morgan fingerprint density at radius 1 is 1.30 bits per heavy atom. The zero-order valence-electron chi connectivity index (χ0n) is 12.7. The average molecular weight is 276 g/mol. The van der Waals surface area contributed by atoms with E-state index in [-0.39, 0.29) is 5.91 Å². The van der Waals surface area contributed by atoms with Gasteiger partial charge < -0.3 is 9.32 Å². The van der Waals surface area contributed by atoms with Gasteiger partial charge in [-0.05, 0) is 37.5 Å². The lowest BCUT2D eigenvalue weighted by atomic mass is 9.70. The smallest absolute Gasteiger partial charge is 0.291 e. The molecule has 1 aromatic heterocycles. The second-order valence-corrected chi connectivity index (χ2v) is 6.81. The Kier molecular flexibility index (Phi) is 3.35. The average Bonchev–Trinajstić information content (AvgIpc) is 2.97. The van der Waals surface area contributed by atoms with Crippen LogP contribution in [0.5, 0.6) is 0 Å². The summed E-state index contributed by atoms with van der Waals surface area (Å²) in [5, 5.41) is 0. The predicted octanol–water partition coefficient (Wildman–Crippen LogP) is 3.33. The molecule has 4 nitrogen and oxygen atoms in total. The first kappa shape index (κ1) is 13.7. The van der Waals surface area contributed by atoms with Gasteiger partial charge in [-0.15, -0.1) is 0 Å². The van der Waals surface area contributed by atoms with Gasteiger partial charge in [0.05, 0.1) is 5.69 Å². The van der Waals surface area contributed by atoms with E-state index < -0.39 is 0 Å². The highest BCUT2D eigenvalue weighted by Crippen LogP contribution is 2.45. The topological polar surface area (TPSA) is 46.3 Å². The van der Waals surface area contributed by atoms with E-state index in [1.807, 2.05) is 11.8 Å². The van der Waals surface area contributed by atoms with Crippen molar-refractivity contribution in [1.29, 1.82) is 0 Å². The van der Waals surface area contributed by atoms with Crippen LogP contribution in [0.4, 0.5) is 0 Å². The molecular formula is C16H24N2O2. The Morgan fingerprint density at radius 3 is 2.60 bits per heavy atom. The molecule has 4 heteroatoms. The van der Waals surface area contributed by atoms with Crippen LogP contribution in [0.3, 0.4) is 0 Å². The van der Waals surface area contributed by atoms with Gasteiger partial charge in [-0.2, -0.15) is 0 Å². The van der Waals surface area contributed by atoms with Gasteiger partial charge in [-0.3, -0.25) is 4.79 Å². The molecule has 2 fully saturated rings. The standard InChI is InChI=1S/C16H24N2O2/c1-11-4-6-16(7-5-11)8-9-18(10-16)15(19)14-12(2)17-13(3)20-14/h11H,4-10H2,1-3H3. The number of aryl methyl sites for hydroxylation is 2. The van der Waals surface area contributed by atoms with E-state index in [0.717, 1.165) is 25.4 Å². The van der Waals surface area contributed by atoms with E-state index in [1.165, 1.54) is 25.7 Å². The summed E-state index contributed by atoms with van der Waals surface area (Å²) in [4.78, 5) is 18.7. The Bertz CT molecular complexity index is 513. The first-order valence-corrected chi connectivity index (χ1v) is 7.72. The number of rotatable bonds is 1. The summed E-state index contributed by atoms with van der Waals surface area (Å²) in [5.74, 6) is 1.89. The van der Waals surface area contributed by atoms with Crippen molar-refractivity contribution in [2.24, 2.45) is 11.3 Å². The lowest BCUT2D eigenvalue weighted by Crippen LogP contribution is -2.34. The number of aromatic nitrogens is 1. The molecule has 1 aromatic rings. The monoisotopic (exact) mass is 276 g/mol. The molecule has 1 amide bonds. The summed E-state index contributed by atoms with van der Waals surface area (Å²) < 4.78 is 5.48. The van der Waals surface area contributed by atoms with Crippen LogP contribution < -0.4 is 0 Å². The zero-order chi connectivity index (χ0) is 14.3. The number of amides is 1. The van der Waals surface area contributed by atoms with Crippen LogP contribution in [0.1, 0.15) is 61.2 Å². The molecule has 1 spiro atoms. The molecule has 2 aliphatic rings. The summed E-state index contributed by atoms with van der Waals surface area (Å²) in [5.41, 5.74) is 1.09. The molecule has 0 radical (unpaired) electrons. The highest BCUT2D eigenvalue weighted by Gasteiger charge is 2.42. The Balaban J connectivity index is 1.71. The molecule has 1 aliphatic heterocycles. The van der Waals surface area contributed by atoms with Crippen LogP contribution in [0.2, 0.25) is 0 Å². The number of hydrogen-bond donors (Lipinski definition) is 0. The fraction of sp³-hybridized carbons (Fsp3) is 0.750. The highest BCUT2D eigenvalue weighted by molar-refractivity contribution is 5.92. The number of carbonyl (C=O) groups is 1. The number of nitrogens with zero attached hydrogens (tertiary/aromatic N) is 2. The van der Waals surface area contributed by atoms with Crippen LogP contribution >= 0.6 is 0 Å². The first-order valence-electron chi connectivity index (χ1n) is 7.72. The molecule has 0 bridgehead atoms. The summed E-state index contributed by atoms with van der Waals surface area (Å²) in [6, 6.07) is 0. The fourth-order valence-electron chi connectivity index (χ4n) is 3.76. The summed E-state index contributed by atoms with van der Waals surface area (Å²) in [6.07, 6.45) is 6.31. The van der Waals surface area contributed by atoms with Crippen LogP contribution in [0.25, 0.3) is 0 Å². The van der Waals surface area contributed by atoms with E-state index in [1.54, 1.807) is 6.92 Å². The second kappa shape index (κ2) is 4.90. The maximum Gasteiger partial charge on any atom is 0.291 e. The maximum atomic E-state index is 12.6. The molecule has 1 saturated carbocycles. The van der Waals surface area contributed by atoms with E-state index >= 15 is 0 Å². The Morgan fingerprint density at radius 2 is 2.00 bits per heavy atom. The molecule has 0 atom stereocenters. The number of oxazole rings is 1. The van der Waals surface area contributed by atoms with Gasteiger partial charge in [0.1, 0.15) is 0 Å². The lowest BCUT2D eigenvalue weighted by Gasteiger charge is -2.35. The third-order valence-corrected chi connectivity index (χ3v) is 5.16. The molecule has 3 rings (SSSR count). The maximum absolute atomic E-state index is 12.6. The zero-order valence-corrected chi connectivity index (χ0v) is 12.7. The number of carbonyl (C=O) groups excluding carboxylic acids is 1. The van der Waals surface area contributed by atoms with Crippen molar-refractivity contribution in [1.82, 2.24) is 9.88 Å². The van der Waals surface area contributed by atoms with E-state index in [4.69, 9.17) is 4.42 Å². The molecule has 110 valence electrons. The molecular weight excluding hydrogens is 252 g/mol. The first-order chi connectivity index (χ1) is 9.49. The third-order valence-electron chi connectivity index (χ3n) is 5.16. The van der Waals surface area contributed by atoms with Crippen molar-refractivity contribution < 1.29 is 9.21 Å². The fourth-order valence-corrected chi connectivity index (χ4v) is 3.76. The second-order valence-electron chi connectivity index (χ2n) is 6.81. The van der Waals surface area contributed by atoms with Gasteiger partial charge >= 0.3 is 0 Å². The molecule has 0 aromatic carbocycles. The summed E-state index contributed by atoms with van der Waals surface area (Å²) in [6.45, 7) is 7.74. The minimum absolute atomic E-state index is 0.0265. The predicted molar refractivity (Wildman–Crippen MR) is 76.6 cm³/mol. The summed E-state index contributed by atoms with van der Waals surface area (Å²) in [7, 11) is 0. The van der Waals surface area contributed by atoms with Gasteiger partial charge in [-0.25, -0.2) is 4.98 Å². The van der Waals surface area contributed by atoms with Crippen LogP contribution in [-0.4, -0.2) is 28.9 Å². The quantitative estimate of drug-likeness (QED) is 0.790. The minimum Gasteiger partial charge on any atom is -0.436 e. The van der Waals surface area contributed by atoms with Gasteiger partial charge in [0.2, 0.25) is 5.76 Å². The third kappa shape index (κ3) is 2.36. The van der Waals surface area contributed by atoms with Gasteiger partial charge in [0.15, 0.2) is 5.89 Å². The van der Waals surface area contributed by atoms with Crippen molar-refractivity contribution in [3.8, 4) is 0 Å². The normalized spacial score (nSPS) is 30.1. The Labute approximate surface area is 120 Å². The lowest BCUT2D eigenvalue weighted by molar-refractivity contribution is 0.0717. The van der Waals surface area contributed by atoms with E-state index in [2.05, 4.69) is 11.9 Å². The molecule has 0 N–H and O–H groups in total. The molecule has 2 heterocycles. The molecule has 1 aliphatic carbocycles. The van der Waals surface area contributed by atoms with Crippen molar-refractivity contribution in [2.45, 2.75) is 52.9 Å². The van der Waals surface area contributed by atoms with Gasteiger partial charge in [0, 0.05) is 20.0 Å².